The highest BCUT2D eigenvalue weighted by Crippen LogP contribution is 2.64. The molecule has 0 bridgehead atoms. The number of rotatable bonds is 4. The SMILES string of the molecule is CCN(c1ccc(C#N)c(C(F)(F)F)c1)C1C(C)(C)C(n2ccnc2)C1(C)C. The Kier molecular flexibility index (Phi) is 4.73. The molecule has 150 valence electrons. The van der Waals surface area contributed by atoms with Crippen molar-refractivity contribution < 1.29 is 13.2 Å². The van der Waals surface area contributed by atoms with E-state index in [2.05, 4.69) is 37.2 Å². The van der Waals surface area contributed by atoms with Crippen molar-refractivity contribution in [3.8, 4) is 6.07 Å². The standard InChI is InChI=1S/C21H25F3N4/c1-6-28(15-8-7-14(12-25)16(11-15)21(22,23)24)18-19(2,3)17(20(18,4)5)27-10-9-26-13-27/h7-11,13,17-18H,6H2,1-5H3. The molecule has 1 saturated carbocycles. The molecule has 0 radical (unpaired) electrons. The Balaban J connectivity index is 2.04. The third kappa shape index (κ3) is 2.95. The van der Waals surface area contributed by atoms with Crippen LogP contribution in [-0.2, 0) is 6.18 Å². The van der Waals surface area contributed by atoms with Crippen LogP contribution in [0.25, 0.3) is 0 Å². The van der Waals surface area contributed by atoms with E-state index in [1.807, 2.05) is 18.0 Å². The molecule has 1 aromatic carbocycles. The first kappa shape index (κ1) is 20.2. The van der Waals surface area contributed by atoms with Crippen LogP contribution in [0.5, 0.6) is 0 Å². The van der Waals surface area contributed by atoms with Gasteiger partial charge in [-0.3, -0.25) is 0 Å². The van der Waals surface area contributed by atoms with Crippen molar-refractivity contribution in [2.24, 2.45) is 10.8 Å². The van der Waals surface area contributed by atoms with Gasteiger partial charge in [-0.05, 0) is 25.1 Å². The lowest BCUT2D eigenvalue weighted by Gasteiger charge is -2.67. The monoisotopic (exact) mass is 390 g/mol. The summed E-state index contributed by atoms with van der Waals surface area (Å²) in [6.45, 7) is 11.1. The summed E-state index contributed by atoms with van der Waals surface area (Å²) in [6.07, 6.45) is 0.909. The summed E-state index contributed by atoms with van der Waals surface area (Å²) in [7, 11) is 0. The minimum absolute atomic E-state index is 0.0198. The summed E-state index contributed by atoms with van der Waals surface area (Å²) in [5, 5.41) is 9.07. The third-order valence-corrected chi connectivity index (χ3v) is 6.05. The number of nitrogens with zero attached hydrogens (tertiary/aromatic N) is 4. The molecule has 4 nitrogen and oxygen atoms in total. The van der Waals surface area contributed by atoms with E-state index < -0.39 is 11.7 Å². The average Bonchev–Trinajstić information content (AvgIpc) is 3.10. The molecule has 0 spiro atoms. The van der Waals surface area contributed by atoms with Gasteiger partial charge in [-0.15, -0.1) is 0 Å². The number of benzene rings is 1. The lowest BCUT2D eigenvalue weighted by atomic mass is 9.47. The van der Waals surface area contributed by atoms with Crippen molar-refractivity contribution in [2.75, 3.05) is 11.4 Å². The smallest absolute Gasteiger partial charge is 0.368 e. The predicted octanol–water partition coefficient (Wildman–Crippen LogP) is 5.28. The highest BCUT2D eigenvalue weighted by Gasteiger charge is 2.64. The van der Waals surface area contributed by atoms with Gasteiger partial charge in [0.15, 0.2) is 0 Å². The number of aromatic nitrogens is 2. The fourth-order valence-electron chi connectivity index (χ4n) is 5.67. The second kappa shape index (κ2) is 6.54. The Labute approximate surface area is 163 Å². The van der Waals surface area contributed by atoms with E-state index in [4.69, 9.17) is 5.26 Å². The highest BCUT2D eigenvalue weighted by atomic mass is 19.4. The van der Waals surface area contributed by atoms with Crippen molar-refractivity contribution in [1.29, 1.82) is 5.26 Å². The van der Waals surface area contributed by atoms with Gasteiger partial charge in [0.05, 0.1) is 23.5 Å². The fourth-order valence-corrected chi connectivity index (χ4v) is 5.67. The number of imidazole rings is 1. The van der Waals surface area contributed by atoms with Crippen molar-refractivity contribution in [2.45, 2.75) is 52.9 Å². The van der Waals surface area contributed by atoms with Gasteiger partial charge in [0.25, 0.3) is 0 Å². The maximum Gasteiger partial charge on any atom is 0.417 e. The van der Waals surface area contributed by atoms with Gasteiger partial charge in [-0.1, -0.05) is 27.7 Å². The van der Waals surface area contributed by atoms with E-state index in [1.54, 1.807) is 24.7 Å². The molecule has 3 rings (SSSR count). The van der Waals surface area contributed by atoms with Gasteiger partial charge >= 0.3 is 6.18 Å². The summed E-state index contributed by atoms with van der Waals surface area (Å²) < 4.78 is 42.4. The van der Waals surface area contributed by atoms with Gasteiger partial charge < -0.3 is 9.47 Å². The van der Waals surface area contributed by atoms with E-state index in [0.29, 0.717) is 12.2 Å². The number of anilines is 1. The van der Waals surface area contributed by atoms with Crippen molar-refractivity contribution in [1.82, 2.24) is 9.55 Å². The third-order valence-electron chi connectivity index (χ3n) is 6.05. The van der Waals surface area contributed by atoms with Crippen LogP contribution in [0, 0.1) is 22.2 Å². The van der Waals surface area contributed by atoms with Crippen LogP contribution in [0.15, 0.2) is 36.9 Å². The molecule has 0 aliphatic heterocycles. The molecule has 0 saturated heterocycles. The molecule has 0 amide bonds. The van der Waals surface area contributed by atoms with Gasteiger partial charge in [0, 0.05) is 47.5 Å². The van der Waals surface area contributed by atoms with Gasteiger partial charge in [-0.25, -0.2) is 4.98 Å². The Bertz CT molecular complexity index is 875. The van der Waals surface area contributed by atoms with Gasteiger partial charge in [0.2, 0.25) is 0 Å². The maximum atomic E-state index is 13.5. The normalized spacial score (nSPS) is 23.0. The van der Waals surface area contributed by atoms with Crippen LogP contribution in [0.4, 0.5) is 18.9 Å². The van der Waals surface area contributed by atoms with Crippen LogP contribution >= 0.6 is 0 Å². The molecule has 0 unspecified atom stereocenters. The summed E-state index contributed by atoms with van der Waals surface area (Å²) >= 11 is 0. The molecule has 28 heavy (non-hydrogen) atoms. The lowest BCUT2D eigenvalue weighted by Crippen LogP contribution is -2.70. The summed E-state index contributed by atoms with van der Waals surface area (Å²) in [5.41, 5.74) is -1.12. The average molecular weight is 390 g/mol. The first-order valence-electron chi connectivity index (χ1n) is 9.31. The van der Waals surface area contributed by atoms with Gasteiger partial charge in [0.1, 0.15) is 0 Å². The largest absolute Gasteiger partial charge is 0.417 e. The molecular weight excluding hydrogens is 365 g/mol. The molecule has 1 aromatic heterocycles. The molecule has 1 fully saturated rings. The van der Waals surface area contributed by atoms with Crippen LogP contribution in [0.2, 0.25) is 0 Å². The van der Waals surface area contributed by atoms with Crippen LogP contribution in [0.1, 0.15) is 51.8 Å². The zero-order valence-electron chi connectivity index (χ0n) is 16.7. The van der Waals surface area contributed by atoms with E-state index in [-0.39, 0.29) is 28.5 Å². The number of hydrogen-bond donors (Lipinski definition) is 0. The zero-order chi connectivity index (χ0) is 20.9. The second-order valence-corrected chi connectivity index (χ2v) is 8.58. The first-order chi connectivity index (χ1) is 13.0. The Morgan fingerprint density at radius 2 is 1.86 bits per heavy atom. The minimum atomic E-state index is -4.57. The van der Waals surface area contributed by atoms with Gasteiger partial charge in [-0.2, -0.15) is 18.4 Å². The van der Waals surface area contributed by atoms with E-state index in [9.17, 15) is 13.2 Å². The van der Waals surface area contributed by atoms with Crippen molar-refractivity contribution in [3.05, 3.63) is 48.0 Å². The molecule has 1 aliphatic carbocycles. The van der Waals surface area contributed by atoms with Crippen LogP contribution < -0.4 is 4.90 Å². The lowest BCUT2D eigenvalue weighted by molar-refractivity contribution is -0.137. The highest BCUT2D eigenvalue weighted by molar-refractivity contribution is 5.56. The first-order valence-corrected chi connectivity index (χ1v) is 9.31. The molecule has 1 aliphatic rings. The maximum absolute atomic E-state index is 13.5. The number of alkyl halides is 3. The van der Waals surface area contributed by atoms with Crippen molar-refractivity contribution >= 4 is 5.69 Å². The van der Waals surface area contributed by atoms with Crippen LogP contribution in [-0.4, -0.2) is 22.1 Å². The number of hydrogen-bond acceptors (Lipinski definition) is 3. The van der Waals surface area contributed by atoms with E-state index >= 15 is 0 Å². The van der Waals surface area contributed by atoms with E-state index in [1.165, 1.54) is 6.07 Å². The predicted molar refractivity (Wildman–Crippen MR) is 102 cm³/mol. The van der Waals surface area contributed by atoms with Crippen molar-refractivity contribution in [3.63, 3.8) is 0 Å². The fraction of sp³-hybridized carbons (Fsp3) is 0.524. The van der Waals surface area contributed by atoms with E-state index in [0.717, 1.165) is 6.07 Å². The zero-order valence-corrected chi connectivity index (χ0v) is 16.7. The van der Waals surface area contributed by atoms with Crippen LogP contribution in [0.3, 0.4) is 0 Å². The minimum Gasteiger partial charge on any atom is -0.368 e. The Morgan fingerprint density at radius 3 is 2.32 bits per heavy atom. The quantitative estimate of drug-likeness (QED) is 0.714. The summed E-state index contributed by atoms with van der Waals surface area (Å²) in [4.78, 5) is 6.19. The summed E-state index contributed by atoms with van der Waals surface area (Å²) in [5.74, 6) is 0. The number of nitriles is 1. The Hall–Kier alpha value is -2.49. The Morgan fingerprint density at radius 1 is 1.21 bits per heavy atom. The molecule has 1 heterocycles. The molecule has 2 aromatic rings. The second-order valence-electron chi connectivity index (χ2n) is 8.58. The topological polar surface area (TPSA) is 44.9 Å². The molecule has 7 heteroatoms. The molecule has 0 N–H and O–H groups in total. The molecular formula is C21H25F3N4. The number of halogens is 3. The molecule has 0 atom stereocenters. The summed E-state index contributed by atoms with van der Waals surface area (Å²) in [6, 6.07) is 5.84.